The van der Waals surface area contributed by atoms with E-state index >= 15 is 0 Å². The normalized spacial score (nSPS) is 11.6. The molecule has 2 N–H and O–H groups in total. The van der Waals surface area contributed by atoms with E-state index in [0.717, 1.165) is 21.2 Å². The van der Waals surface area contributed by atoms with Gasteiger partial charge in [-0.2, -0.15) is 0 Å². The van der Waals surface area contributed by atoms with Crippen LogP contribution in [0.5, 0.6) is 0 Å². The molecular formula is C18H23BrIN3O2S. The molecule has 0 unspecified atom stereocenters. The summed E-state index contributed by atoms with van der Waals surface area (Å²) < 4.78 is 24.4. The molecule has 2 rings (SSSR count). The Morgan fingerprint density at radius 3 is 2.08 bits per heavy atom. The van der Waals surface area contributed by atoms with Crippen LogP contribution in [0.3, 0.4) is 0 Å². The lowest BCUT2D eigenvalue weighted by Gasteiger charge is -2.13. The highest BCUT2D eigenvalue weighted by Crippen LogP contribution is 2.16. The van der Waals surface area contributed by atoms with Gasteiger partial charge in [-0.3, -0.25) is 4.99 Å². The molecule has 0 spiro atoms. The van der Waals surface area contributed by atoms with Gasteiger partial charge in [0.15, 0.2) is 15.8 Å². The highest BCUT2D eigenvalue weighted by Gasteiger charge is 2.10. The van der Waals surface area contributed by atoms with E-state index in [1.165, 1.54) is 6.26 Å². The number of guanidine groups is 1. The number of nitrogens with zero attached hydrogens (tertiary/aromatic N) is 1. The predicted molar refractivity (Wildman–Crippen MR) is 121 cm³/mol. The number of aliphatic imine (C=N–C) groups is 1. The fraction of sp³-hybridized carbons (Fsp3) is 0.278. The second-order valence-corrected chi connectivity index (χ2v) is 8.68. The molecule has 8 heteroatoms. The minimum Gasteiger partial charge on any atom is -0.352 e. The van der Waals surface area contributed by atoms with Crippen LogP contribution in [0.25, 0.3) is 0 Å². The maximum absolute atomic E-state index is 11.7. The van der Waals surface area contributed by atoms with Crippen molar-refractivity contribution in [2.45, 2.75) is 24.9 Å². The van der Waals surface area contributed by atoms with Gasteiger partial charge >= 0.3 is 0 Å². The number of benzene rings is 2. The lowest BCUT2D eigenvalue weighted by Crippen LogP contribution is -2.36. The third-order valence-electron chi connectivity index (χ3n) is 3.70. The van der Waals surface area contributed by atoms with Crippen LogP contribution in [-0.4, -0.2) is 27.7 Å². The third kappa shape index (κ3) is 6.88. The zero-order chi connectivity index (χ0) is 18.4. The summed E-state index contributed by atoms with van der Waals surface area (Å²) in [5.74, 6) is 0.688. The molecule has 2 aromatic rings. The topological polar surface area (TPSA) is 70.6 Å². The van der Waals surface area contributed by atoms with Crippen molar-refractivity contribution in [1.82, 2.24) is 10.6 Å². The summed E-state index contributed by atoms with van der Waals surface area (Å²) in [5.41, 5.74) is 2.90. The van der Waals surface area contributed by atoms with Crippen LogP contribution in [0.2, 0.25) is 0 Å². The van der Waals surface area contributed by atoms with Crippen LogP contribution < -0.4 is 10.6 Å². The molecule has 0 heterocycles. The maximum atomic E-state index is 11.7. The second-order valence-electron chi connectivity index (χ2n) is 5.78. The standard InChI is InChI=1S/C18H22BrN3O2S.HI/c1-13-10-15(6-9-17(13)25(3,23)24)12-22-18(20-2)21-11-14-4-7-16(19)8-5-14;/h4-10H,11-12H2,1-3H3,(H2,20,21,22);1H. The summed E-state index contributed by atoms with van der Waals surface area (Å²) in [4.78, 5) is 4.57. The molecule has 0 saturated heterocycles. The first-order valence-corrected chi connectivity index (χ1v) is 10.5. The molecule has 0 saturated carbocycles. The molecule has 0 aromatic heterocycles. The summed E-state index contributed by atoms with van der Waals surface area (Å²) in [6.07, 6.45) is 1.22. The third-order valence-corrected chi connectivity index (χ3v) is 5.48. The Labute approximate surface area is 180 Å². The molecule has 5 nitrogen and oxygen atoms in total. The van der Waals surface area contributed by atoms with E-state index in [1.807, 2.05) is 36.4 Å². The molecule has 0 aliphatic rings. The SMILES string of the molecule is CN=C(NCc1ccc(Br)cc1)NCc1ccc(S(C)(=O)=O)c(C)c1.I. The molecule has 26 heavy (non-hydrogen) atoms. The Morgan fingerprint density at radius 1 is 1.04 bits per heavy atom. The van der Waals surface area contributed by atoms with Crippen LogP contribution >= 0.6 is 39.9 Å². The Kier molecular flexibility index (Phi) is 9.05. The number of halogens is 2. The largest absolute Gasteiger partial charge is 0.352 e. The first-order valence-electron chi connectivity index (χ1n) is 7.78. The number of sulfone groups is 1. The highest BCUT2D eigenvalue weighted by molar-refractivity contribution is 14.0. The highest BCUT2D eigenvalue weighted by atomic mass is 127. The molecule has 2 aromatic carbocycles. The lowest BCUT2D eigenvalue weighted by molar-refractivity contribution is 0.601. The van der Waals surface area contributed by atoms with Crippen molar-refractivity contribution in [3.8, 4) is 0 Å². The number of hydrogen-bond acceptors (Lipinski definition) is 3. The maximum Gasteiger partial charge on any atom is 0.191 e. The van der Waals surface area contributed by atoms with Gasteiger partial charge in [-0.05, 0) is 41.8 Å². The van der Waals surface area contributed by atoms with Gasteiger partial charge in [0.25, 0.3) is 0 Å². The van der Waals surface area contributed by atoms with Crippen molar-refractivity contribution in [1.29, 1.82) is 0 Å². The van der Waals surface area contributed by atoms with Crippen LogP contribution in [0.4, 0.5) is 0 Å². The summed E-state index contributed by atoms with van der Waals surface area (Å²) in [7, 11) is -1.47. The van der Waals surface area contributed by atoms with Gasteiger partial charge in [0.2, 0.25) is 0 Å². The number of hydrogen-bond donors (Lipinski definition) is 2. The fourth-order valence-electron chi connectivity index (χ4n) is 2.43. The Morgan fingerprint density at radius 2 is 1.58 bits per heavy atom. The molecule has 0 aliphatic carbocycles. The van der Waals surface area contributed by atoms with Gasteiger partial charge in [0.1, 0.15) is 0 Å². The fourth-order valence-corrected chi connectivity index (χ4v) is 3.66. The van der Waals surface area contributed by atoms with Crippen molar-refractivity contribution in [3.05, 3.63) is 63.6 Å². The van der Waals surface area contributed by atoms with E-state index in [4.69, 9.17) is 0 Å². The molecule has 0 radical (unpaired) electrons. The van der Waals surface area contributed by atoms with E-state index in [0.29, 0.717) is 23.9 Å². The van der Waals surface area contributed by atoms with Crippen molar-refractivity contribution >= 4 is 55.7 Å². The summed E-state index contributed by atoms with van der Waals surface area (Å²) in [5, 5.41) is 6.49. The molecule has 0 atom stereocenters. The first-order chi connectivity index (χ1) is 11.8. The van der Waals surface area contributed by atoms with Crippen molar-refractivity contribution in [2.24, 2.45) is 4.99 Å². The van der Waals surface area contributed by atoms with Crippen LogP contribution in [0.15, 0.2) is 56.8 Å². The Hall–Kier alpha value is -1.13. The molecule has 0 amide bonds. The molecule has 0 bridgehead atoms. The Balaban J connectivity index is 0.00000338. The van der Waals surface area contributed by atoms with Gasteiger partial charge in [-0.25, -0.2) is 8.42 Å². The zero-order valence-corrected chi connectivity index (χ0v) is 19.6. The Bertz CT molecular complexity index is 869. The lowest BCUT2D eigenvalue weighted by atomic mass is 10.1. The van der Waals surface area contributed by atoms with E-state index in [-0.39, 0.29) is 24.0 Å². The van der Waals surface area contributed by atoms with Gasteiger partial charge in [-0.15, -0.1) is 24.0 Å². The summed E-state index contributed by atoms with van der Waals surface area (Å²) in [6.45, 7) is 3.03. The van der Waals surface area contributed by atoms with Crippen molar-refractivity contribution < 1.29 is 8.42 Å². The minimum absolute atomic E-state index is 0. The smallest absolute Gasteiger partial charge is 0.191 e. The predicted octanol–water partition coefficient (Wildman–Crippen LogP) is 3.64. The first kappa shape index (κ1) is 22.9. The summed E-state index contributed by atoms with van der Waals surface area (Å²) in [6, 6.07) is 13.4. The van der Waals surface area contributed by atoms with Crippen LogP contribution in [0.1, 0.15) is 16.7 Å². The van der Waals surface area contributed by atoms with Crippen LogP contribution in [0, 0.1) is 6.92 Å². The quantitative estimate of drug-likeness (QED) is 0.338. The van der Waals surface area contributed by atoms with Gasteiger partial charge in [0.05, 0.1) is 4.90 Å². The second kappa shape index (κ2) is 10.3. The molecule has 0 aliphatic heterocycles. The van der Waals surface area contributed by atoms with E-state index < -0.39 is 9.84 Å². The number of nitrogens with one attached hydrogen (secondary N) is 2. The summed E-state index contributed by atoms with van der Waals surface area (Å²) >= 11 is 3.42. The number of rotatable bonds is 5. The van der Waals surface area contributed by atoms with E-state index in [1.54, 1.807) is 20.0 Å². The van der Waals surface area contributed by atoms with Gasteiger partial charge in [0, 0.05) is 30.9 Å². The monoisotopic (exact) mass is 551 g/mol. The molecule has 142 valence electrons. The molecule has 0 fully saturated rings. The average Bonchev–Trinajstić information content (AvgIpc) is 2.55. The van der Waals surface area contributed by atoms with E-state index in [9.17, 15) is 8.42 Å². The zero-order valence-electron chi connectivity index (χ0n) is 14.9. The van der Waals surface area contributed by atoms with Crippen molar-refractivity contribution in [2.75, 3.05) is 13.3 Å². The van der Waals surface area contributed by atoms with E-state index in [2.05, 4.69) is 31.6 Å². The minimum atomic E-state index is -3.19. The van der Waals surface area contributed by atoms with Gasteiger partial charge < -0.3 is 10.6 Å². The molecular weight excluding hydrogens is 529 g/mol. The van der Waals surface area contributed by atoms with Gasteiger partial charge in [-0.1, -0.05) is 40.2 Å². The average molecular weight is 552 g/mol. The van der Waals surface area contributed by atoms with Crippen LogP contribution in [-0.2, 0) is 22.9 Å². The van der Waals surface area contributed by atoms with Crippen molar-refractivity contribution in [3.63, 3.8) is 0 Å². The number of aryl methyl sites for hydroxylation is 1.